The molecule has 24 heavy (non-hydrogen) atoms. The van der Waals surface area contributed by atoms with E-state index >= 15 is 0 Å². The van der Waals surface area contributed by atoms with Crippen LogP contribution in [0.5, 0.6) is 0 Å². The molecule has 3 rings (SSSR count). The van der Waals surface area contributed by atoms with Gasteiger partial charge in [-0.3, -0.25) is 0 Å². The Balaban J connectivity index is 1.60. The SMILES string of the molecule is CN(C)c1cc(NC2CCN(c3ncc(Cl)cc3Br)CC2)ncn1. The van der Waals surface area contributed by atoms with Gasteiger partial charge < -0.3 is 15.1 Å². The van der Waals surface area contributed by atoms with Gasteiger partial charge in [-0.1, -0.05) is 11.6 Å². The number of pyridine rings is 1. The van der Waals surface area contributed by atoms with E-state index in [2.05, 4.69) is 41.1 Å². The third-order valence-corrected chi connectivity index (χ3v) is 4.84. The zero-order valence-corrected chi connectivity index (χ0v) is 16.0. The summed E-state index contributed by atoms with van der Waals surface area (Å²) in [7, 11) is 3.95. The van der Waals surface area contributed by atoms with Gasteiger partial charge >= 0.3 is 0 Å². The summed E-state index contributed by atoms with van der Waals surface area (Å²) in [6.07, 6.45) is 5.34. The van der Waals surface area contributed by atoms with Crippen molar-refractivity contribution in [1.82, 2.24) is 15.0 Å². The Morgan fingerprint density at radius 3 is 2.62 bits per heavy atom. The fourth-order valence-electron chi connectivity index (χ4n) is 2.76. The third kappa shape index (κ3) is 4.08. The highest BCUT2D eigenvalue weighted by atomic mass is 79.9. The average molecular weight is 412 g/mol. The molecule has 8 heteroatoms. The molecule has 0 atom stereocenters. The maximum atomic E-state index is 5.97. The van der Waals surface area contributed by atoms with Gasteiger partial charge in [-0.15, -0.1) is 0 Å². The number of anilines is 3. The van der Waals surface area contributed by atoms with Crippen LogP contribution in [0.4, 0.5) is 17.5 Å². The molecule has 0 aliphatic carbocycles. The van der Waals surface area contributed by atoms with Crippen molar-refractivity contribution >= 4 is 45.0 Å². The van der Waals surface area contributed by atoms with Crippen LogP contribution in [0.3, 0.4) is 0 Å². The van der Waals surface area contributed by atoms with Crippen LogP contribution in [-0.4, -0.2) is 48.2 Å². The molecule has 1 aliphatic rings. The number of hydrogen-bond donors (Lipinski definition) is 1. The van der Waals surface area contributed by atoms with E-state index in [1.54, 1.807) is 12.5 Å². The lowest BCUT2D eigenvalue weighted by Crippen LogP contribution is -2.39. The number of hydrogen-bond acceptors (Lipinski definition) is 6. The molecule has 0 aromatic carbocycles. The molecule has 1 N–H and O–H groups in total. The van der Waals surface area contributed by atoms with Gasteiger partial charge in [0.05, 0.1) is 9.50 Å². The molecule has 2 aromatic heterocycles. The van der Waals surface area contributed by atoms with Crippen molar-refractivity contribution in [3.63, 3.8) is 0 Å². The minimum atomic E-state index is 0.400. The molecule has 0 saturated carbocycles. The van der Waals surface area contributed by atoms with E-state index in [1.807, 2.05) is 31.1 Å². The Hall–Kier alpha value is -1.60. The summed E-state index contributed by atoms with van der Waals surface area (Å²) >= 11 is 9.51. The first-order valence-corrected chi connectivity index (χ1v) is 9.02. The second-order valence-corrected chi connectivity index (χ2v) is 7.31. The Kier molecular flexibility index (Phi) is 5.40. The first kappa shape index (κ1) is 17.2. The summed E-state index contributed by atoms with van der Waals surface area (Å²) in [6, 6.07) is 4.26. The first-order valence-electron chi connectivity index (χ1n) is 7.85. The van der Waals surface area contributed by atoms with Crippen molar-refractivity contribution in [3.8, 4) is 0 Å². The second-order valence-electron chi connectivity index (χ2n) is 6.02. The Bertz CT molecular complexity index is 703. The fraction of sp³-hybridized carbons (Fsp3) is 0.438. The van der Waals surface area contributed by atoms with Crippen LogP contribution in [0, 0.1) is 0 Å². The lowest BCUT2D eigenvalue weighted by Gasteiger charge is -2.34. The molecule has 6 nitrogen and oxygen atoms in total. The summed E-state index contributed by atoms with van der Waals surface area (Å²) in [5.41, 5.74) is 0. The van der Waals surface area contributed by atoms with E-state index in [1.165, 1.54) is 0 Å². The van der Waals surface area contributed by atoms with Gasteiger partial charge in [0, 0.05) is 45.5 Å². The normalized spacial score (nSPS) is 15.4. The summed E-state index contributed by atoms with van der Waals surface area (Å²) in [4.78, 5) is 17.3. The van der Waals surface area contributed by atoms with Crippen molar-refractivity contribution in [2.75, 3.05) is 42.3 Å². The van der Waals surface area contributed by atoms with Gasteiger partial charge in [-0.05, 0) is 34.8 Å². The molecule has 0 bridgehead atoms. The average Bonchev–Trinajstić information content (AvgIpc) is 2.56. The summed E-state index contributed by atoms with van der Waals surface area (Å²) in [5.74, 6) is 2.73. The molecular weight excluding hydrogens is 392 g/mol. The van der Waals surface area contributed by atoms with E-state index in [0.29, 0.717) is 11.1 Å². The summed E-state index contributed by atoms with van der Waals surface area (Å²) in [5, 5.41) is 4.16. The van der Waals surface area contributed by atoms with Crippen LogP contribution in [0.2, 0.25) is 5.02 Å². The van der Waals surface area contributed by atoms with E-state index in [0.717, 1.165) is 47.9 Å². The van der Waals surface area contributed by atoms with Crippen molar-refractivity contribution in [3.05, 3.63) is 34.2 Å². The lowest BCUT2D eigenvalue weighted by atomic mass is 10.1. The Morgan fingerprint density at radius 2 is 1.96 bits per heavy atom. The molecule has 0 unspecified atom stereocenters. The topological polar surface area (TPSA) is 57.2 Å². The van der Waals surface area contributed by atoms with E-state index in [-0.39, 0.29) is 0 Å². The third-order valence-electron chi connectivity index (χ3n) is 4.05. The molecule has 1 aliphatic heterocycles. The van der Waals surface area contributed by atoms with Gasteiger partial charge in [0.25, 0.3) is 0 Å². The maximum absolute atomic E-state index is 5.97. The highest BCUT2D eigenvalue weighted by Crippen LogP contribution is 2.29. The highest BCUT2D eigenvalue weighted by molar-refractivity contribution is 9.10. The molecule has 1 saturated heterocycles. The summed E-state index contributed by atoms with van der Waals surface area (Å²) < 4.78 is 0.938. The number of rotatable bonds is 4. The maximum Gasteiger partial charge on any atom is 0.142 e. The molecule has 0 spiro atoms. The van der Waals surface area contributed by atoms with Gasteiger partial charge in [-0.25, -0.2) is 15.0 Å². The minimum Gasteiger partial charge on any atom is -0.367 e. The fourth-order valence-corrected chi connectivity index (χ4v) is 3.64. The van der Waals surface area contributed by atoms with Gasteiger partial charge in [0.1, 0.15) is 23.8 Å². The van der Waals surface area contributed by atoms with Crippen molar-refractivity contribution in [1.29, 1.82) is 0 Å². The number of nitrogens with one attached hydrogen (secondary N) is 1. The molecule has 3 heterocycles. The largest absolute Gasteiger partial charge is 0.367 e. The zero-order valence-electron chi connectivity index (χ0n) is 13.7. The van der Waals surface area contributed by atoms with Crippen LogP contribution in [-0.2, 0) is 0 Å². The van der Waals surface area contributed by atoms with Gasteiger partial charge in [0.2, 0.25) is 0 Å². The first-order chi connectivity index (χ1) is 11.5. The monoisotopic (exact) mass is 410 g/mol. The molecular formula is C16H20BrClN6. The van der Waals surface area contributed by atoms with Gasteiger partial charge in [0.15, 0.2) is 0 Å². The van der Waals surface area contributed by atoms with E-state index < -0.39 is 0 Å². The minimum absolute atomic E-state index is 0.400. The Labute approximate surface area is 155 Å². The predicted octanol–water partition coefficient (Wildman–Crippen LogP) is 3.43. The van der Waals surface area contributed by atoms with Crippen LogP contribution < -0.4 is 15.1 Å². The molecule has 1 fully saturated rings. The standard InChI is InChI=1S/C16H20BrClN6/c1-23(2)15-8-14(20-10-21-15)22-12-3-5-24(6-4-12)16-13(17)7-11(18)9-19-16/h7-10,12H,3-6H2,1-2H3,(H,20,21,22). The number of halogens is 2. The van der Waals surface area contributed by atoms with Crippen LogP contribution >= 0.6 is 27.5 Å². The quantitative estimate of drug-likeness (QED) is 0.832. The lowest BCUT2D eigenvalue weighted by molar-refractivity contribution is 0.522. The number of aromatic nitrogens is 3. The molecule has 2 aromatic rings. The predicted molar refractivity (Wildman–Crippen MR) is 102 cm³/mol. The van der Waals surface area contributed by atoms with Crippen LogP contribution in [0.25, 0.3) is 0 Å². The zero-order chi connectivity index (χ0) is 17.1. The van der Waals surface area contributed by atoms with Crippen molar-refractivity contribution < 1.29 is 0 Å². The molecule has 0 radical (unpaired) electrons. The second kappa shape index (κ2) is 7.53. The smallest absolute Gasteiger partial charge is 0.142 e. The number of piperidine rings is 1. The Morgan fingerprint density at radius 1 is 1.21 bits per heavy atom. The molecule has 128 valence electrons. The van der Waals surface area contributed by atoms with E-state index in [4.69, 9.17) is 11.6 Å². The summed E-state index contributed by atoms with van der Waals surface area (Å²) in [6.45, 7) is 1.88. The van der Waals surface area contributed by atoms with E-state index in [9.17, 15) is 0 Å². The van der Waals surface area contributed by atoms with Crippen molar-refractivity contribution in [2.45, 2.75) is 18.9 Å². The van der Waals surface area contributed by atoms with Crippen LogP contribution in [0.15, 0.2) is 29.1 Å². The van der Waals surface area contributed by atoms with Crippen LogP contribution in [0.1, 0.15) is 12.8 Å². The van der Waals surface area contributed by atoms with Crippen molar-refractivity contribution in [2.24, 2.45) is 0 Å². The highest BCUT2D eigenvalue weighted by Gasteiger charge is 2.22. The van der Waals surface area contributed by atoms with Gasteiger partial charge in [-0.2, -0.15) is 0 Å². The molecule has 0 amide bonds. The number of nitrogens with zero attached hydrogens (tertiary/aromatic N) is 5.